The fourth-order valence-corrected chi connectivity index (χ4v) is 3.44. The van der Waals surface area contributed by atoms with Crippen LogP contribution in [0.3, 0.4) is 0 Å². The van der Waals surface area contributed by atoms with Gasteiger partial charge in [-0.15, -0.1) is 10.2 Å². The van der Waals surface area contributed by atoms with Crippen LogP contribution in [-0.2, 0) is 22.7 Å². The number of nitrogens with one attached hydrogen (secondary N) is 1. The summed E-state index contributed by atoms with van der Waals surface area (Å²) in [6, 6.07) is 16.2. The highest BCUT2D eigenvalue weighted by Crippen LogP contribution is 2.24. The Hall–Kier alpha value is -3.83. The first kappa shape index (κ1) is 24.8. The van der Waals surface area contributed by atoms with Crippen LogP contribution in [-0.4, -0.2) is 46.6 Å². The van der Waals surface area contributed by atoms with Gasteiger partial charge in [-0.3, -0.25) is 0 Å². The SMILES string of the molecule is CCc1nnc(-c2cnc(Nc3ccc(S(C)(=O)=O)cc3)nc2N)o1.OCCc1ccccc1. The minimum Gasteiger partial charge on any atom is -0.421 e. The van der Waals surface area contributed by atoms with Gasteiger partial charge in [0.15, 0.2) is 9.84 Å². The maximum Gasteiger partial charge on any atom is 0.253 e. The summed E-state index contributed by atoms with van der Waals surface area (Å²) in [5, 5.41) is 19.3. The highest BCUT2D eigenvalue weighted by atomic mass is 32.2. The van der Waals surface area contributed by atoms with Crippen LogP contribution in [0.15, 0.2) is 70.1 Å². The number of anilines is 3. The minimum absolute atomic E-state index is 0.191. The average Bonchev–Trinajstić information content (AvgIpc) is 3.29. The maximum atomic E-state index is 11.5. The first-order valence-electron chi connectivity index (χ1n) is 10.5. The van der Waals surface area contributed by atoms with Gasteiger partial charge in [0, 0.05) is 31.2 Å². The maximum absolute atomic E-state index is 11.5. The van der Waals surface area contributed by atoms with Crippen molar-refractivity contribution in [3.8, 4) is 11.5 Å². The second-order valence-corrected chi connectivity index (χ2v) is 9.24. The molecule has 0 saturated carbocycles. The van der Waals surface area contributed by atoms with E-state index >= 15 is 0 Å². The summed E-state index contributed by atoms with van der Waals surface area (Å²) in [4.78, 5) is 8.56. The van der Waals surface area contributed by atoms with Crippen molar-refractivity contribution < 1.29 is 17.9 Å². The summed E-state index contributed by atoms with van der Waals surface area (Å²) in [6.45, 7) is 2.14. The molecule has 4 rings (SSSR count). The van der Waals surface area contributed by atoms with Crippen molar-refractivity contribution in [1.82, 2.24) is 20.2 Å². The molecular weight excluding hydrogens is 456 g/mol. The highest BCUT2D eigenvalue weighted by Gasteiger charge is 2.14. The van der Waals surface area contributed by atoms with Crippen molar-refractivity contribution in [3.05, 3.63) is 72.2 Å². The van der Waals surface area contributed by atoms with Gasteiger partial charge in [0.1, 0.15) is 5.82 Å². The Bertz CT molecular complexity index is 1310. The van der Waals surface area contributed by atoms with Crippen LogP contribution in [0, 0.1) is 0 Å². The number of nitrogens with two attached hydrogens (primary N) is 1. The molecule has 0 aliphatic carbocycles. The molecule has 0 bridgehead atoms. The number of aromatic nitrogens is 4. The summed E-state index contributed by atoms with van der Waals surface area (Å²) in [5.74, 6) is 1.22. The van der Waals surface area contributed by atoms with E-state index in [1.54, 1.807) is 12.1 Å². The Morgan fingerprint density at radius 1 is 1.06 bits per heavy atom. The van der Waals surface area contributed by atoms with E-state index < -0.39 is 9.84 Å². The lowest BCUT2D eigenvalue weighted by Gasteiger charge is -2.07. The second kappa shape index (κ2) is 11.3. The molecule has 10 nitrogen and oxygen atoms in total. The second-order valence-electron chi connectivity index (χ2n) is 7.23. The smallest absolute Gasteiger partial charge is 0.253 e. The van der Waals surface area contributed by atoms with Gasteiger partial charge in [-0.05, 0) is 36.2 Å². The van der Waals surface area contributed by atoms with Crippen molar-refractivity contribution in [2.45, 2.75) is 24.7 Å². The number of aliphatic hydroxyl groups is 1. The number of rotatable bonds is 7. The number of hydrogen-bond acceptors (Lipinski definition) is 10. The molecule has 4 aromatic rings. The molecule has 2 aromatic heterocycles. The number of aryl methyl sites for hydroxylation is 1. The Morgan fingerprint density at radius 3 is 2.32 bits per heavy atom. The van der Waals surface area contributed by atoms with Gasteiger partial charge in [-0.25, -0.2) is 13.4 Å². The van der Waals surface area contributed by atoms with Crippen LogP contribution in [0.4, 0.5) is 17.5 Å². The van der Waals surface area contributed by atoms with E-state index in [0.717, 1.165) is 12.7 Å². The number of sulfone groups is 1. The van der Waals surface area contributed by atoms with Gasteiger partial charge < -0.3 is 20.6 Å². The van der Waals surface area contributed by atoms with Crippen LogP contribution < -0.4 is 11.1 Å². The normalized spacial score (nSPS) is 10.9. The zero-order valence-corrected chi connectivity index (χ0v) is 19.7. The fraction of sp³-hybridized carbons (Fsp3) is 0.217. The molecule has 0 atom stereocenters. The van der Waals surface area contributed by atoms with Crippen LogP contribution in [0.1, 0.15) is 18.4 Å². The van der Waals surface area contributed by atoms with Crippen LogP contribution in [0.25, 0.3) is 11.5 Å². The molecule has 2 aromatic carbocycles. The third-order valence-corrected chi connectivity index (χ3v) is 5.73. The lowest BCUT2D eigenvalue weighted by molar-refractivity contribution is 0.299. The topological polar surface area (TPSA) is 157 Å². The predicted octanol–water partition coefficient (Wildman–Crippen LogP) is 3.04. The number of hydrogen-bond donors (Lipinski definition) is 3. The molecule has 2 heterocycles. The van der Waals surface area contributed by atoms with Gasteiger partial charge in [0.25, 0.3) is 5.89 Å². The molecular formula is C23H26N6O4S. The number of aliphatic hydroxyl groups excluding tert-OH is 1. The summed E-state index contributed by atoms with van der Waals surface area (Å²) in [5.41, 5.74) is 8.21. The summed E-state index contributed by atoms with van der Waals surface area (Å²) in [7, 11) is -3.24. The van der Waals surface area contributed by atoms with Crippen molar-refractivity contribution in [2.24, 2.45) is 0 Å². The van der Waals surface area contributed by atoms with E-state index in [4.69, 9.17) is 15.3 Å². The van der Waals surface area contributed by atoms with Crippen LogP contribution in [0.2, 0.25) is 0 Å². The van der Waals surface area contributed by atoms with Crippen molar-refractivity contribution in [1.29, 1.82) is 0 Å². The van der Waals surface area contributed by atoms with E-state index in [2.05, 4.69) is 25.5 Å². The van der Waals surface area contributed by atoms with Crippen LogP contribution in [0.5, 0.6) is 0 Å². The number of nitrogen functional groups attached to an aromatic ring is 1. The third-order valence-electron chi connectivity index (χ3n) is 4.60. The van der Waals surface area contributed by atoms with Crippen molar-refractivity contribution >= 4 is 27.3 Å². The molecule has 0 unspecified atom stereocenters. The largest absolute Gasteiger partial charge is 0.421 e. The molecule has 0 aliphatic rings. The van der Waals surface area contributed by atoms with Gasteiger partial charge in [-0.2, -0.15) is 4.98 Å². The van der Waals surface area contributed by atoms with Gasteiger partial charge in [0.2, 0.25) is 11.8 Å². The van der Waals surface area contributed by atoms with Gasteiger partial charge in [-0.1, -0.05) is 37.3 Å². The Kier molecular flexibility index (Phi) is 8.28. The monoisotopic (exact) mass is 482 g/mol. The molecule has 34 heavy (non-hydrogen) atoms. The molecule has 0 spiro atoms. The number of nitrogens with zero attached hydrogens (tertiary/aromatic N) is 4. The molecule has 0 amide bonds. The molecule has 11 heteroatoms. The Morgan fingerprint density at radius 2 is 1.76 bits per heavy atom. The third kappa shape index (κ3) is 6.83. The lowest BCUT2D eigenvalue weighted by Crippen LogP contribution is -2.02. The first-order chi connectivity index (χ1) is 16.3. The number of benzene rings is 2. The first-order valence-corrected chi connectivity index (χ1v) is 12.4. The highest BCUT2D eigenvalue weighted by molar-refractivity contribution is 7.90. The quantitative estimate of drug-likeness (QED) is 0.357. The van der Waals surface area contributed by atoms with E-state index in [-0.39, 0.29) is 29.2 Å². The summed E-state index contributed by atoms with van der Waals surface area (Å²) < 4.78 is 28.4. The predicted molar refractivity (Wildman–Crippen MR) is 129 cm³/mol. The average molecular weight is 483 g/mol. The summed E-state index contributed by atoms with van der Waals surface area (Å²) >= 11 is 0. The summed E-state index contributed by atoms with van der Waals surface area (Å²) in [6.07, 6.45) is 4.03. The van der Waals surface area contributed by atoms with Crippen molar-refractivity contribution in [3.63, 3.8) is 0 Å². The molecule has 0 saturated heterocycles. The lowest BCUT2D eigenvalue weighted by atomic mass is 10.2. The standard InChI is InChI=1S/C15H16N6O3S.C8H10O/c1-3-12-20-21-14(24-12)11-8-17-15(19-13(11)16)18-9-4-6-10(7-5-9)25(2,22)23;9-7-6-8-4-2-1-3-5-8/h4-8H,3H2,1-2H3,(H3,16,17,18,19);1-5,9H,6-7H2. The molecule has 0 aliphatic heterocycles. The molecule has 0 radical (unpaired) electrons. The van der Waals surface area contributed by atoms with E-state index in [0.29, 0.717) is 23.6 Å². The van der Waals surface area contributed by atoms with E-state index in [9.17, 15) is 8.42 Å². The zero-order valence-electron chi connectivity index (χ0n) is 18.8. The molecule has 178 valence electrons. The van der Waals surface area contributed by atoms with Crippen LogP contribution >= 0.6 is 0 Å². The minimum atomic E-state index is -3.24. The Labute approximate surface area is 197 Å². The van der Waals surface area contributed by atoms with E-state index in [1.807, 2.05) is 37.3 Å². The van der Waals surface area contributed by atoms with E-state index in [1.165, 1.54) is 23.9 Å². The zero-order chi connectivity index (χ0) is 24.6. The van der Waals surface area contributed by atoms with Gasteiger partial charge >= 0.3 is 0 Å². The Balaban J connectivity index is 0.000000302. The van der Waals surface area contributed by atoms with Crippen molar-refractivity contribution in [2.75, 3.05) is 23.9 Å². The molecule has 0 fully saturated rings. The fourth-order valence-electron chi connectivity index (χ4n) is 2.81. The van der Waals surface area contributed by atoms with Gasteiger partial charge in [0.05, 0.1) is 10.5 Å². The molecule has 4 N–H and O–H groups in total.